The van der Waals surface area contributed by atoms with Gasteiger partial charge in [-0.05, 0) is 37.1 Å². The number of nitrogens with one attached hydrogen (secondary N) is 1. The first kappa shape index (κ1) is 15.9. The van der Waals surface area contributed by atoms with Gasteiger partial charge in [-0.2, -0.15) is 0 Å². The van der Waals surface area contributed by atoms with Crippen molar-refractivity contribution in [3.8, 4) is 0 Å². The van der Waals surface area contributed by atoms with Gasteiger partial charge < -0.3 is 15.3 Å². The standard InChI is InChI=1S/C15H32N2O/c1-12(2)8-16-15-7-14(5-6-18)10-17(11-15)9-13(3)4/h12-16,18H,5-11H2,1-4H3. The number of hydrogen-bond donors (Lipinski definition) is 2. The molecule has 108 valence electrons. The van der Waals surface area contributed by atoms with Gasteiger partial charge in [-0.15, -0.1) is 0 Å². The second-order valence-electron chi connectivity index (χ2n) is 6.73. The van der Waals surface area contributed by atoms with Crippen molar-refractivity contribution in [2.24, 2.45) is 17.8 Å². The molecule has 18 heavy (non-hydrogen) atoms. The zero-order valence-electron chi connectivity index (χ0n) is 12.7. The van der Waals surface area contributed by atoms with Crippen LogP contribution in [0.15, 0.2) is 0 Å². The van der Waals surface area contributed by atoms with Crippen molar-refractivity contribution < 1.29 is 5.11 Å². The van der Waals surface area contributed by atoms with E-state index in [1.54, 1.807) is 0 Å². The van der Waals surface area contributed by atoms with E-state index in [-0.39, 0.29) is 0 Å². The largest absolute Gasteiger partial charge is 0.396 e. The maximum absolute atomic E-state index is 9.15. The van der Waals surface area contributed by atoms with Crippen molar-refractivity contribution >= 4 is 0 Å². The lowest BCUT2D eigenvalue weighted by Crippen LogP contribution is -2.50. The van der Waals surface area contributed by atoms with Gasteiger partial charge >= 0.3 is 0 Å². The fraction of sp³-hybridized carbons (Fsp3) is 1.00. The van der Waals surface area contributed by atoms with Crippen LogP contribution < -0.4 is 5.32 Å². The summed E-state index contributed by atoms with van der Waals surface area (Å²) in [6.45, 7) is 14.0. The van der Waals surface area contributed by atoms with Crippen molar-refractivity contribution in [1.82, 2.24) is 10.2 Å². The molecule has 0 aromatic rings. The van der Waals surface area contributed by atoms with Crippen LogP contribution in [-0.4, -0.2) is 48.8 Å². The SMILES string of the molecule is CC(C)CNC1CC(CCO)CN(CC(C)C)C1. The van der Waals surface area contributed by atoms with Gasteiger partial charge in [-0.3, -0.25) is 0 Å². The van der Waals surface area contributed by atoms with Crippen LogP contribution in [0.4, 0.5) is 0 Å². The molecule has 0 aromatic heterocycles. The second-order valence-corrected chi connectivity index (χ2v) is 6.73. The summed E-state index contributed by atoms with van der Waals surface area (Å²) in [6.07, 6.45) is 2.18. The van der Waals surface area contributed by atoms with Gasteiger partial charge in [0.15, 0.2) is 0 Å². The summed E-state index contributed by atoms with van der Waals surface area (Å²) in [6, 6.07) is 0.608. The van der Waals surface area contributed by atoms with Crippen LogP contribution >= 0.6 is 0 Å². The van der Waals surface area contributed by atoms with Crippen molar-refractivity contribution in [1.29, 1.82) is 0 Å². The van der Waals surface area contributed by atoms with Crippen LogP contribution in [0.2, 0.25) is 0 Å². The minimum absolute atomic E-state index is 0.330. The Bertz CT molecular complexity index is 219. The van der Waals surface area contributed by atoms with E-state index in [0.717, 1.165) is 18.9 Å². The number of aliphatic hydroxyl groups is 1. The van der Waals surface area contributed by atoms with Gasteiger partial charge in [0.05, 0.1) is 0 Å². The molecule has 0 radical (unpaired) electrons. The van der Waals surface area contributed by atoms with Crippen LogP contribution in [0.3, 0.4) is 0 Å². The lowest BCUT2D eigenvalue weighted by Gasteiger charge is -2.39. The third kappa shape index (κ3) is 6.17. The fourth-order valence-corrected chi connectivity index (χ4v) is 2.91. The highest BCUT2D eigenvalue weighted by molar-refractivity contribution is 4.84. The molecule has 0 aromatic carbocycles. The molecule has 0 spiro atoms. The number of hydrogen-bond acceptors (Lipinski definition) is 3. The average molecular weight is 256 g/mol. The van der Waals surface area contributed by atoms with E-state index >= 15 is 0 Å². The van der Waals surface area contributed by atoms with Gasteiger partial charge in [-0.1, -0.05) is 27.7 Å². The van der Waals surface area contributed by atoms with Crippen molar-refractivity contribution in [2.45, 2.75) is 46.6 Å². The predicted molar refractivity (Wildman–Crippen MR) is 77.7 cm³/mol. The van der Waals surface area contributed by atoms with E-state index in [1.165, 1.54) is 26.1 Å². The molecule has 2 unspecified atom stereocenters. The number of aliphatic hydroxyl groups excluding tert-OH is 1. The van der Waals surface area contributed by atoms with Gasteiger partial charge in [-0.25, -0.2) is 0 Å². The zero-order chi connectivity index (χ0) is 13.5. The minimum Gasteiger partial charge on any atom is -0.396 e. The number of rotatable bonds is 7. The first-order valence-corrected chi connectivity index (χ1v) is 7.57. The Balaban J connectivity index is 2.45. The summed E-state index contributed by atoms with van der Waals surface area (Å²) in [5, 5.41) is 12.8. The molecular formula is C15H32N2O. The molecule has 2 atom stereocenters. The van der Waals surface area contributed by atoms with Crippen LogP contribution in [0.1, 0.15) is 40.5 Å². The van der Waals surface area contributed by atoms with Crippen molar-refractivity contribution in [2.75, 3.05) is 32.8 Å². The summed E-state index contributed by atoms with van der Waals surface area (Å²) in [4.78, 5) is 2.58. The Kier molecular flexibility index (Phi) is 7.20. The Morgan fingerprint density at radius 2 is 1.89 bits per heavy atom. The number of piperidine rings is 1. The van der Waals surface area contributed by atoms with Crippen LogP contribution in [0, 0.1) is 17.8 Å². The fourth-order valence-electron chi connectivity index (χ4n) is 2.91. The van der Waals surface area contributed by atoms with Crippen LogP contribution in [0.25, 0.3) is 0 Å². The normalized spacial score (nSPS) is 26.2. The van der Waals surface area contributed by atoms with E-state index < -0.39 is 0 Å². The van der Waals surface area contributed by atoms with E-state index in [1.807, 2.05) is 0 Å². The molecule has 1 aliphatic heterocycles. The minimum atomic E-state index is 0.330. The molecule has 0 amide bonds. The Labute approximate surface area is 113 Å². The van der Waals surface area contributed by atoms with Gasteiger partial charge in [0.2, 0.25) is 0 Å². The summed E-state index contributed by atoms with van der Waals surface area (Å²) >= 11 is 0. The summed E-state index contributed by atoms with van der Waals surface area (Å²) < 4.78 is 0. The molecule has 2 N–H and O–H groups in total. The number of likely N-dealkylation sites (tertiary alicyclic amines) is 1. The van der Waals surface area contributed by atoms with Crippen molar-refractivity contribution in [3.05, 3.63) is 0 Å². The van der Waals surface area contributed by atoms with Crippen LogP contribution in [0.5, 0.6) is 0 Å². The molecule has 0 aliphatic carbocycles. The third-order valence-electron chi connectivity index (χ3n) is 3.59. The molecule has 1 fully saturated rings. The first-order valence-electron chi connectivity index (χ1n) is 7.57. The van der Waals surface area contributed by atoms with Gasteiger partial charge in [0.1, 0.15) is 0 Å². The highest BCUT2D eigenvalue weighted by Gasteiger charge is 2.26. The molecule has 1 heterocycles. The second kappa shape index (κ2) is 8.13. The van der Waals surface area contributed by atoms with Crippen molar-refractivity contribution in [3.63, 3.8) is 0 Å². The Morgan fingerprint density at radius 1 is 1.17 bits per heavy atom. The Morgan fingerprint density at radius 3 is 2.44 bits per heavy atom. The van der Waals surface area contributed by atoms with Crippen LogP contribution in [-0.2, 0) is 0 Å². The maximum Gasteiger partial charge on any atom is 0.0434 e. The highest BCUT2D eigenvalue weighted by Crippen LogP contribution is 2.20. The average Bonchev–Trinajstić information content (AvgIpc) is 2.25. The van der Waals surface area contributed by atoms with E-state index in [9.17, 15) is 0 Å². The van der Waals surface area contributed by atoms with E-state index in [4.69, 9.17) is 5.11 Å². The molecule has 1 saturated heterocycles. The molecule has 3 heteroatoms. The van der Waals surface area contributed by atoms with Gasteiger partial charge in [0.25, 0.3) is 0 Å². The molecule has 0 saturated carbocycles. The molecule has 1 rings (SSSR count). The lowest BCUT2D eigenvalue weighted by atomic mass is 9.91. The lowest BCUT2D eigenvalue weighted by molar-refractivity contribution is 0.110. The summed E-state index contributed by atoms with van der Waals surface area (Å²) in [7, 11) is 0. The smallest absolute Gasteiger partial charge is 0.0434 e. The zero-order valence-corrected chi connectivity index (χ0v) is 12.7. The molecule has 1 aliphatic rings. The maximum atomic E-state index is 9.15. The molecular weight excluding hydrogens is 224 g/mol. The summed E-state index contributed by atoms with van der Waals surface area (Å²) in [5.74, 6) is 2.09. The first-order chi connectivity index (χ1) is 8.51. The predicted octanol–water partition coefficient (Wildman–Crippen LogP) is 1.96. The van der Waals surface area contributed by atoms with Gasteiger partial charge in [0, 0.05) is 32.3 Å². The molecule has 0 bridgehead atoms. The Hall–Kier alpha value is -0.120. The number of nitrogens with zero attached hydrogens (tertiary/aromatic N) is 1. The highest BCUT2D eigenvalue weighted by atomic mass is 16.3. The summed E-state index contributed by atoms with van der Waals surface area (Å²) in [5.41, 5.74) is 0. The monoisotopic (exact) mass is 256 g/mol. The van der Waals surface area contributed by atoms with E-state index in [0.29, 0.717) is 24.5 Å². The van der Waals surface area contributed by atoms with E-state index in [2.05, 4.69) is 37.9 Å². The molecule has 3 nitrogen and oxygen atoms in total. The topological polar surface area (TPSA) is 35.5 Å². The quantitative estimate of drug-likeness (QED) is 0.731. The third-order valence-corrected chi connectivity index (χ3v) is 3.59.